The molecule has 0 aromatic carbocycles. The average Bonchev–Trinajstić information content (AvgIpc) is 2.76. The van der Waals surface area contributed by atoms with Gasteiger partial charge < -0.3 is 5.73 Å². The molecule has 2 heterocycles. The summed E-state index contributed by atoms with van der Waals surface area (Å²) in [6, 6.07) is 2.17. The molecule has 0 unspecified atom stereocenters. The molecule has 0 aliphatic rings. The monoisotopic (exact) mass is 239 g/mol. The van der Waals surface area contributed by atoms with Crippen LogP contribution >= 0.6 is 22.7 Å². The largest absolute Gasteiger partial charge is 0.330 e. The predicted molar refractivity (Wildman–Crippen MR) is 65.5 cm³/mol. The first kappa shape index (κ1) is 10.7. The van der Waals surface area contributed by atoms with E-state index < -0.39 is 0 Å². The minimum atomic E-state index is 0.636. The fourth-order valence-corrected chi connectivity index (χ4v) is 3.19. The summed E-state index contributed by atoms with van der Waals surface area (Å²) in [4.78, 5) is 2.56. The minimum Gasteiger partial charge on any atom is -0.330 e. The first-order valence-corrected chi connectivity index (χ1v) is 6.44. The Kier molecular flexibility index (Phi) is 3.14. The summed E-state index contributed by atoms with van der Waals surface area (Å²) in [6.45, 7) is 4.89. The molecule has 0 aliphatic heterocycles. The molecule has 2 N–H and O–H groups in total. The van der Waals surface area contributed by atoms with Crippen LogP contribution in [-0.4, -0.2) is 16.7 Å². The third-order valence-electron chi connectivity index (χ3n) is 2.20. The lowest BCUT2D eigenvalue weighted by Crippen LogP contribution is -2.01. The Morgan fingerprint density at radius 1 is 1.27 bits per heavy atom. The van der Waals surface area contributed by atoms with Crippen LogP contribution < -0.4 is 5.73 Å². The van der Waals surface area contributed by atoms with Crippen molar-refractivity contribution in [2.24, 2.45) is 5.73 Å². The van der Waals surface area contributed by atoms with E-state index in [1.165, 1.54) is 15.3 Å². The van der Waals surface area contributed by atoms with Crippen LogP contribution in [0.25, 0.3) is 9.88 Å². The number of hydrogen-bond acceptors (Lipinski definition) is 5. The second kappa shape index (κ2) is 4.38. The lowest BCUT2D eigenvalue weighted by atomic mass is 10.3. The highest BCUT2D eigenvalue weighted by Gasteiger charge is 2.09. The third-order valence-corrected chi connectivity index (χ3v) is 4.51. The van der Waals surface area contributed by atoms with Gasteiger partial charge in [0.15, 0.2) is 5.01 Å². The molecule has 3 nitrogen and oxygen atoms in total. The number of aryl methyl sites for hydroxylation is 2. The molecule has 0 saturated carbocycles. The maximum atomic E-state index is 5.48. The summed E-state index contributed by atoms with van der Waals surface area (Å²) in [7, 11) is 0. The molecule has 80 valence electrons. The molecular formula is C10H13N3S2. The van der Waals surface area contributed by atoms with Gasteiger partial charge in [-0.05, 0) is 32.0 Å². The van der Waals surface area contributed by atoms with Crippen molar-refractivity contribution >= 4 is 22.7 Å². The standard InChI is InChI=1S/C10H13N3S2/c1-6-5-8(14-7(6)2)10-13-12-9(15-10)3-4-11/h5H,3-4,11H2,1-2H3. The van der Waals surface area contributed by atoms with Crippen LogP contribution in [0.5, 0.6) is 0 Å². The number of rotatable bonds is 3. The van der Waals surface area contributed by atoms with Gasteiger partial charge in [0.2, 0.25) is 0 Å². The molecule has 0 aliphatic carbocycles. The summed E-state index contributed by atoms with van der Waals surface area (Å²) in [6.07, 6.45) is 0.820. The fourth-order valence-electron chi connectivity index (χ4n) is 1.26. The van der Waals surface area contributed by atoms with E-state index in [4.69, 9.17) is 5.73 Å². The van der Waals surface area contributed by atoms with Crippen LogP contribution in [0.1, 0.15) is 15.4 Å². The van der Waals surface area contributed by atoms with Crippen LogP contribution in [0, 0.1) is 13.8 Å². The van der Waals surface area contributed by atoms with E-state index in [0.717, 1.165) is 16.4 Å². The van der Waals surface area contributed by atoms with Gasteiger partial charge in [0.25, 0.3) is 0 Å². The first-order chi connectivity index (χ1) is 7.20. The van der Waals surface area contributed by atoms with Gasteiger partial charge in [-0.25, -0.2) is 0 Å². The summed E-state index contributed by atoms with van der Waals surface area (Å²) < 4.78 is 0. The smallest absolute Gasteiger partial charge is 0.157 e. The van der Waals surface area contributed by atoms with Gasteiger partial charge in [0, 0.05) is 11.3 Å². The number of aromatic nitrogens is 2. The van der Waals surface area contributed by atoms with E-state index >= 15 is 0 Å². The second-order valence-electron chi connectivity index (χ2n) is 3.39. The molecule has 0 bridgehead atoms. The fraction of sp³-hybridized carbons (Fsp3) is 0.400. The zero-order valence-electron chi connectivity index (χ0n) is 8.78. The first-order valence-electron chi connectivity index (χ1n) is 4.80. The Morgan fingerprint density at radius 2 is 2.07 bits per heavy atom. The van der Waals surface area contributed by atoms with Crippen molar-refractivity contribution < 1.29 is 0 Å². The quantitative estimate of drug-likeness (QED) is 0.894. The molecule has 2 aromatic rings. The molecule has 5 heteroatoms. The number of hydrogen-bond donors (Lipinski definition) is 1. The maximum absolute atomic E-state index is 5.48. The Balaban J connectivity index is 2.28. The lowest BCUT2D eigenvalue weighted by Gasteiger charge is -1.86. The lowest BCUT2D eigenvalue weighted by molar-refractivity contribution is 0.914. The molecular weight excluding hydrogens is 226 g/mol. The van der Waals surface area contributed by atoms with E-state index in [1.807, 2.05) is 0 Å². The summed E-state index contributed by atoms with van der Waals surface area (Å²) in [5, 5.41) is 10.3. The highest BCUT2D eigenvalue weighted by atomic mass is 32.1. The molecule has 0 atom stereocenters. The van der Waals surface area contributed by atoms with Crippen LogP contribution in [0.4, 0.5) is 0 Å². The molecule has 2 rings (SSSR count). The van der Waals surface area contributed by atoms with Crippen molar-refractivity contribution in [1.29, 1.82) is 0 Å². The number of nitrogens with zero attached hydrogens (tertiary/aromatic N) is 2. The molecule has 0 saturated heterocycles. The van der Waals surface area contributed by atoms with Crippen LogP contribution in [0.15, 0.2) is 6.07 Å². The van der Waals surface area contributed by atoms with Gasteiger partial charge >= 0.3 is 0 Å². The van der Waals surface area contributed by atoms with Crippen molar-refractivity contribution in [2.45, 2.75) is 20.3 Å². The van der Waals surface area contributed by atoms with E-state index in [0.29, 0.717) is 6.54 Å². The van der Waals surface area contributed by atoms with Crippen molar-refractivity contribution in [3.63, 3.8) is 0 Å². The highest BCUT2D eigenvalue weighted by Crippen LogP contribution is 2.32. The second-order valence-corrected chi connectivity index (χ2v) is 5.71. The minimum absolute atomic E-state index is 0.636. The Labute approximate surface area is 97.0 Å². The van der Waals surface area contributed by atoms with Gasteiger partial charge in [-0.1, -0.05) is 11.3 Å². The van der Waals surface area contributed by atoms with Gasteiger partial charge in [-0.15, -0.1) is 21.5 Å². The zero-order chi connectivity index (χ0) is 10.8. The van der Waals surface area contributed by atoms with Crippen LogP contribution in [-0.2, 0) is 6.42 Å². The van der Waals surface area contributed by atoms with Gasteiger partial charge in [-0.2, -0.15) is 0 Å². The Hall–Kier alpha value is -0.780. The third kappa shape index (κ3) is 2.25. The molecule has 2 aromatic heterocycles. The summed E-state index contributed by atoms with van der Waals surface area (Å²) in [5.74, 6) is 0. The molecule has 0 fully saturated rings. The summed E-state index contributed by atoms with van der Waals surface area (Å²) in [5.41, 5.74) is 6.80. The van der Waals surface area contributed by atoms with Crippen LogP contribution in [0.3, 0.4) is 0 Å². The van der Waals surface area contributed by atoms with E-state index in [1.54, 1.807) is 22.7 Å². The molecule has 15 heavy (non-hydrogen) atoms. The topological polar surface area (TPSA) is 51.8 Å². The normalized spacial score (nSPS) is 10.9. The summed E-state index contributed by atoms with van der Waals surface area (Å²) >= 11 is 3.42. The number of nitrogens with two attached hydrogens (primary N) is 1. The Morgan fingerprint density at radius 3 is 2.67 bits per heavy atom. The maximum Gasteiger partial charge on any atom is 0.157 e. The van der Waals surface area contributed by atoms with Gasteiger partial charge in [-0.3, -0.25) is 0 Å². The van der Waals surface area contributed by atoms with Crippen molar-refractivity contribution in [3.8, 4) is 9.88 Å². The zero-order valence-corrected chi connectivity index (χ0v) is 10.4. The predicted octanol–water partition coefficient (Wildman–Crippen LogP) is 2.38. The van der Waals surface area contributed by atoms with Crippen molar-refractivity contribution in [2.75, 3.05) is 6.54 Å². The van der Waals surface area contributed by atoms with E-state index in [9.17, 15) is 0 Å². The van der Waals surface area contributed by atoms with Crippen LogP contribution in [0.2, 0.25) is 0 Å². The Bertz CT molecular complexity index is 439. The highest BCUT2D eigenvalue weighted by molar-refractivity contribution is 7.21. The van der Waals surface area contributed by atoms with Gasteiger partial charge in [0.1, 0.15) is 5.01 Å². The molecule has 0 amide bonds. The SMILES string of the molecule is Cc1cc(-c2nnc(CCN)s2)sc1C. The molecule has 0 radical (unpaired) electrons. The van der Waals surface area contributed by atoms with E-state index in [-0.39, 0.29) is 0 Å². The van der Waals surface area contributed by atoms with E-state index in [2.05, 4.69) is 30.1 Å². The van der Waals surface area contributed by atoms with Crippen molar-refractivity contribution in [3.05, 3.63) is 21.5 Å². The average molecular weight is 239 g/mol. The molecule has 0 spiro atoms. The number of thiophene rings is 1. The van der Waals surface area contributed by atoms with Gasteiger partial charge in [0.05, 0.1) is 4.88 Å². The van der Waals surface area contributed by atoms with Crippen molar-refractivity contribution in [1.82, 2.24) is 10.2 Å².